The van der Waals surface area contributed by atoms with Crippen LogP contribution < -0.4 is 5.32 Å². The predicted octanol–water partition coefficient (Wildman–Crippen LogP) is 3.30. The molecule has 1 N–H and O–H groups in total. The van der Waals surface area contributed by atoms with Crippen LogP contribution in [0.2, 0.25) is 5.02 Å². The molecule has 1 aromatic rings. The topological polar surface area (TPSA) is 15.3 Å². The molecule has 2 rings (SSSR count). The number of piperazine rings is 1. The minimum Gasteiger partial charge on any atom is -0.309 e. The average molecular weight is 267 g/mol. The highest BCUT2D eigenvalue weighted by Crippen LogP contribution is 2.21. The summed E-state index contributed by atoms with van der Waals surface area (Å²) in [4.78, 5) is 2.55. The minimum absolute atomic E-state index is 0.310. The van der Waals surface area contributed by atoms with Gasteiger partial charge in [0.15, 0.2) is 0 Å². The Morgan fingerprint density at radius 2 is 1.89 bits per heavy atom. The normalized spacial score (nSPS) is 19.9. The van der Waals surface area contributed by atoms with E-state index in [0.717, 1.165) is 31.2 Å². The zero-order chi connectivity index (χ0) is 13.0. The Hall–Kier alpha value is -0.570. The number of hydrogen-bond donors (Lipinski definition) is 1. The zero-order valence-corrected chi connectivity index (χ0v) is 12.1. The van der Waals surface area contributed by atoms with Crippen molar-refractivity contribution in [3.8, 4) is 0 Å². The maximum atomic E-state index is 5.92. The van der Waals surface area contributed by atoms with Gasteiger partial charge in [-0.3, -0.25) is 4.90 Å². The maximum Gasteiger partial charge on any atom is 0.0406 e. The molecule has 1 aromatic carbocycles. The first-order valence-electron chi connectivity index (χ1n) is 6.89. The summed E-state index contributed by atoms with van der Waals surface area (Å²) >= 11 is 5.92. The first kappa shape index (κ1) is 13.9. The van der Waals surface area contributed by atoms with Gasteiger partial charge in [-0.05, 0) is 30.5 Å². The number of rotatable bonds is 4. The van der Waals surface area contributed by atoms with Gasteiger partial charge in [0.2, 0.25) is 0 Å². The van der Waals surface area contributed by atoms with E-state index in [1.165, 1.54) is 18.4 Å². The molecule has 0 bridgehead atoms. The molecule has 0 atom stereocenters. The van der Waals surface area contributed by atoms with Crippen molar-refractivity contribution in [1.29, 1.82) is 0 Å². The van der Waals surface area contributed by atoms with Crippen molar-refractivity contribution in [3.05, 3.63) is 34.9 Å². The third kappa shape index (κ3) is 3.25. The smallest absolute Gasteiger partial charge is 0.0406 e. The second-order valence-electron chi connectivity index (χ2n) is 5.25. The van der Waals surface area contributed by atoms with Gasteiger partial charge in [0, 0.05) is 36.7 Å². The molecule has 1 aliphatic rings. The second kappa shape index (κ2) is 6.05. The van der Waals surface area contributed by atoms with Crippen LogP contribution in [0.15, 0.2) is 24.3 Å². The number of nitrogens with zero attached hydrogens (tertiary/aromatic N) is 1. The van der Waals surface area contributed by atoms with Gasteiger partial charge in [0.1, 0.15) is 0 Å². The summed E-state index contributed by atoms with van der Waals surface area (Å²) in [6, 6.07) is 8.21. The molecule has 0 aromatic heterocycles. The van der Waals surface area contributed by atoms with Crippen molar-refractivity contribution in [1.82, 2.24) is 10.2 Å². The van der Waals surface area contributed by atoms with E-state index in [-0.39, 0.29) is 0 Å². The molecule has 100 valence electrons. The standard InChI is InChI=1S/C15H23ClN2/c1-3-15(4-2)12-18(10-9-17-15)11-13-5-7-14(16)8-6-13/h5-8,17H,3-4,9-12H2,1-2H3. The molecule has 0 saturated carbocycles. The summed E-state index contributed by atoms with van der Waals surface area (Å²) in [5.74, 6) is 0. The highest BCUT2D eigenvalue weighted by atomic mass is 35.5. The lowest BCUT2D eigenvalue weighted by Gasteiger charge is -2.43. The molecule has 0 spiro atoms. The highest BCUT2D eigenvalue weighted by molar-refractivity contribution is 6.30. The fourth-order valence-corrected chi connectivity index (χ4v) is 2.87. The summed E-state index contributed by atoms with van der Waals surface area (Å²) < 4.78 is 0. The van der Waals surface area contributed by atoms with E-state index in [2.05, 4.69) is 36.2 Å². The maximum absolute atomic E-state index is 5.92. The lowest BCUT2D eigenvalue weighted by atomic mass is 9.90. The minimum atomic E-state index is 0.310. The number of hydrogen-bond acceptors (Lipinski definition) is 2. The van der Waals surface area contributed by atoms with Crippen LogP contribution in [0.4, 0.5) is 0 Å². The van der Waals surface area contributed by atoms with Crippen molar-refractivity contribution >= 4 is 11.6 Å². The Morgan fingerprint density at radius 3 is 2.50 bits per heavy atom. The van der Waals surface area contributed by atoms with Gasteiger partial charge in [-0.1, -0.05) is 37.6 Å². The van der Waals surface area contributed by atoms with Crippen molar-refractivity contribution in [3.63, 3.8) is 0 Å². The van der Waals surface area contributed by atoms with Crippen molar-refractivity contribution < 1.29 is 0 Å². The molecule has 1 saturated heterocycles. The number of benzene rings is 1. The molecule has 1 fully saturated rings. The molecular weight excluding hydrogens is 244 g/mol. The molecule has 0 radical (unpaired) electrons. The van der Waals surface area contributed by atoms with Crippen LogP contribution >= 0.6 is 11.6 Å². The fourth-order valence-electron chi connectivity index (χ4n) is 2.75. The Labute approximate surface area is 115 Å². The number of halogens is 1. The third-order valence-corrected chi connectivity index (χ3v) is 4.38. The lowest BCUT2D eigenvalue weighted by molar-refractivity contribution is 0.118. The molecule has 18 heavy (non-hydrogen) atoms. The van der Waals surface area contributed by atoms with Crippen LogP contribution in [0.1, 0.15) is 32.3 Å². The molecular formula is C15H23ClN2. The average Bonchev–Trinajstić information content (AvgIpc) is 2.41. The summed E-state index contributed by atoms with van der Waals surface area (Å²) in [6.45, 7) is 8.95. The summed E-state index contributed by atoms with van der Waals surface area (Å²) in [5, 5.41) is 4.51. The molecule has 3 heteroatoms. The van der Waals surface area contributed by atoms with Gasteiger partial charge < -0.3 is 5.32 Å². The van der Waals surface area contributed by atoms with Crippen molar-refractivity contribution in [2.24, 2.45) is 0 Å². The van der Waals surface area contributed by atoms with E-state index < -0.39 is 0 Å². The third-order valence-electron chi connectivity index (χ3n) is 4.13. The van der Waals surface area contributed by atoms with Gasteiger partial charge in [0.25, 0.3) is 0 Å². The van der Waals surface area contributed by atoms with Gasteiger partial charge in [0.05, 0.1) is 0 Å². The monoisotopic (exact) mass is 266 g/mol. The summed E-state index contributed by atoms with van der Waals surface area (Å²) in [6.07, 6.45) is 2.39. The first-order valence-corrected chi connectivity index (χ1v) is 7.27. The van der Waals surface area contributed by atoms with Gasteiger partial charge in [-0.25, -0.2) is 0 Å². The van der Waals surface area contributed by atoms with Crippen LogP contribution in [0, 0.1) is 0 Å². The molecule has 2 nitrogen and oxygen atoms in total. The van der Waals surface area contributed by atoms with Crippen LogP contribution in [0.25, 0.3) is 0 Å². The van der Waals surface area contributed by atoms with Crippen molar-refractivity contribution in [2.75, 3.05) is 19.6 Å². The second-order valence-corrected chi connectivity index (χ2v) is 5.69. The quantitative estimate of drug-likeness (QED) is 0.900. The van der Waals surface area contributed by atoms with E-state index in [0.29, 0.717) is 5.54 Å². The van der Waals surface area contributed by atoms with Crippen LogP contribution in [-0.4, -0.2) is 30.1 Å². The van der Waals surface area contributed by atoms with Gasteiger partial charge >= 0.3 is 0 Å². The molecule has 1 heterocycles. The Kier molecular flexibility index (Phi) is 4.66. The Balaban J connectivity index is 1.99. The molecule has 0 amide bonds. The Bertz CT molecular complexity index is 371. The largest absolute Gasteiger partial charge is 0.309 e. The van der Waals surface area contributed by atoms with Gasteiger partial charge in [-0.15, -0.1) is 0 Å². The van der Waals surface area contributed by atoms with Crippen molar-refractivity contribution in [2.45, 2.75) is 38.8 Å². The summed E-state index contributed by atoms with van der Waals surface area (Å²) in [5.41, 5.74) is 1.66. The van der Waals surface area contributed by atoms with E-state index in [4.69, 9.17) is 11.6 Å². The summed E-state index contributed by atoms with van der Waals surface area (Å²) in [7, 11) is 0. The molecule has 1 aliphatic heterocycles. The lowest BCUT2D eigenvalue weighted by Crippen LogP contribution is -2.59. The highest BCUT2D eigenvalue weighted by Gasteiger charge is 2.31. The van der Waals surface area contributed by atoms with E-state index >= 15 is 0 Å². The fraction of sp³-hybridized carbons (Fsp3) is 0.600. The number of nitrogens with one attached hydrogen (secondary N) is 1. The van der Waals surface area contributed by atoms with Crippen LogP contribution in [-0.2, 0) is 6.54 Å². The van der Waals surface area contributed by atoms with E-state index in [1.807, 2.05) is 12.1 Å². The van der Waals surface area contributed by atoms with Crippen LogP contribution in [0.3, 0.4) is 0 Å². The van der Waals surface area contributed by atoms with E-state index in [1.54, 1.807) is 0 Å². The Morgan fingerprint density at radius 1 is 1.22 bits per heavy atom. The first-order chi connectivity index (χ1) is 8.67. The molecule has 0 unspecified atom stereocenters. The zero-order valence-electron chi connectivity index (χ0n) is 11.4. The SMILES string of the molecule is CCC1(CC)CN(Cc2ccc(Cl)cc2)CCN1. The molecule has 0 aliphatic carbocycles. The van der Waals surface area contributed by atoms with E-state index in [9.17, 15) is 0 Å². The predicted molar refractivity (Wildman–Crippen MR) is 78.0 cm³/mol. The van der Waals surface area contributed by atoms with Gasteiger partial charge in [-0.2, -0.15) is 0 Å². The van der Waals surface area contributed by atoms with Crippen LogP contribution in [0.5, 0.6) is 0 Å².